The number of aromatic amines is 1. The van der Waals surface area contributed by atoms with Crippen molar-refractivity contribution in [3.05, 3.63) is 57.0 Å². The normalized spacial score (nSPS) is 14.8. The summed E-state index contributed by atoms with van der Waals surface area (Å²) in [5.74, 6) is -2.49. The van der Waals surface area contributed by atoms with Crippen molar-refractivity contribution in [3.63, 3.8) is 0 Å². The summed E-state index contributed by atoms with van der Waals surface area (Å²) in [6.45, 7) is 2.45. The number of H-pyrrole nitrogens is 1. The molecule has 0 unspecified atom stereocenters. The van der Waals surface area contributed by atoms with E-state index in [1.807, 2.05) is 0 Å². The van der Waals surface area contributed by atoms with Gasteiger partial charge in [0.2, 0.25) is 5.91 Å². The van der Waals surface area contributed by atoms with Crippen LogP contribution in [0.4, 0.5) is 14.5 Å². The maximum atomic E-state index is 13.8. The van der Waals surface area contributed by atoms with Crippen molar-refractivity contribution in [2.75, 3.05) is 18.4 Å². The maximum Gasteiger partial charge on any atom is 0.264 e. The molecule has 3 heterocycles. The minimum Gasteiger partial charge on any atom is -0.338 e. The van der Waals surface area contributed by atoms with Gasteiger partial charge in [0, 0.05) is 25.1 Å². The Kier molecular flexibility index (Phi) is 5.33. The minimum atomic E-state index is -0.834. The predicted octanol–water partition coefficient (Wildman–Crippen LogP) is 3.06. The molecule has 156 valence electrons. The molecule has 0 spiro atoms. The number of amides is 2. The molecule has 1 fully saturated rings. The van der Waals surface area contributed by atoms with Gasteiger partial charge in [-0.2, -0.15) is 0 Å². The Bertz CT molecular complexity index is 1200. The summed E-state index contributed by atoms with van der Waals surface area (Å²) >= 11 is 1.18. The van der Waals surface area contributed by atoms with Crippen LogP contribution in [-0.4, -0.2) is 39.8 Å². The van der Waals surface area contributed by atoms with Crippen LogP contribution in [0.15, 0.2) is 29.3 Å². The van der Waals surface area contributed by atoms with Crippen LogP contribution in [0.25, 0.3) is 10.2 Å². The Morgan fingerprint density at radius 1 is 1.27 bits per heavy atom. The molecule has 1 aliphatic rings. The van der Waals surface area contributed by atoms with Crippen molar-refractivity contribution < 1.29 is 18.4 Å². The molecule has 30 heavy (non-hydrogen) atoms. The van der Waals surface area contributed by atoms with Crippen LogP contribution in [0, 0.1) is 24.5 Å². The number of hydrogen-bond acceptors (Lipinski definition) is 5. The van der Waals surface area contributed by atoms with E-state index in [1.165, 1.54) is 23.7 Å². The van der Waals surface area contributed by atoms with Crippen LogP contribution in [0.5, 0.6) is 0 Å². The third-order valence-corrected chi connectivity index (χ3v) is 6.46. The first-order valence-electron chi connectivity index (χ1n) is 9.37. The zero-order valence-corrected chi connectivity index (χ0v) is 16.8. The Hall–Kier alpha value is -3.14. The van der Waals surface area contributed by atoms with Crippen LogP contribution in [0.2, 0.25) is 0 Å². The lowest BCUT2D eigenvalue weighted by Gasteiger charge is -2.31. The zero-order valence-electron chi connectivity index (χ0n) is 16.0. The van der Waals surface area contributed by atoms with Gasteiger partial charge in [0.25, 0.3) is 11.5 Å². The highest BCUT2D eigenvalue weighted by Gasteiger charge is 2.30. The molecule has 4 rings (SSSR count). The summed E-state index contributed by atoms with van der Waals surface area (Å²) in [6.07, 6.45) is 2.15. The van der Waals surface area contributed by atoms with E-state index in [2.05, 4.69) is 15.3 Å². The zero-order chi connectivity index (χ0) is 21.4. The molecule has 1 aromatic carbocycles. The van der Waals surface area contributed by atoms with E-state index in [0.29, 0.717) is 52.7 Å². The van der Waals surface area contributed by atoms with E-state index >= 15 is 0 Å². The fourth-order valence-electron chi connectivity index (χ4n) is 3.60. The SMILES string of the molecule is Cc1c(C(=O)N2CCC(C(=O)Nc3ccc(F)cc3F)CC2)sc2nc[nH]c(=O)c12. The highest BCUT2D eigenvalue weighted by molar-refractivity contribution is 7.20. The van der Waals surface area contributed by atoms with Gasteiger partial charge in [0.1, 0.15) is 16.5 Å². The van der Waals surface area contributed by atoms with Crippen LogP contribution >= 0.6 is 11.3 Å². The smallest absolute Gasteiger partial charge is 0.264 e. The lowest BCUT2D eigenvalue weighted by molar-refractivity contribution is -0.121. The van der Waals surface area contributed by atoms with E-state index < -0.39 is 11.6 Å². The van der Waals surface area contributed by atoms with E-state index in [-0.39, 0.29) is 29.0 Å². The molecule has 0 aliphatic carbocycles. The number of aryl methyl sites for hydroxylation is 1. The number of aromatic nitrogens is 2. The number of fused-ring (bicyclic) bond motifs is 1. The van der Waals surface area contributed by atoms with Crippen LogP contribution in [-0.2, 0) is 4.79 Å². The molecule has 10 heteroatoms. The second-order valence-corrected chi connectivity index (χ2v) is 8.15. The highest BCUT2D eigenvalue weighted by atomic mass is 32.1. The number of hydrogen-bond donors (Lipinski definition) is 2. The first-order chi connectivity index (χ1) is 14.3. The van der Waals surface area contributed by atoms with E-state index in [4.69, 9.17) is 0 Å². The minimum absolute atomic E-state index is 0.0708. The van der Waals surface area contributed by atoms with Gasteiger partial charge >= 0.3 is 0 Å². The van der Waals surface area contributed by atoms with Gasteiger partial charge in [-0.25, -0.2) is 13.8 Å². The van der Waals surface area contributed by atoms with Crippen molar-refractivity contribution >= 4 is 39.1 Å². The van der Waals surface area contributed by atoms with E-state index in [0.717, 1.165) is 6.07 Å². The predicted molar refractivity (Wildman–Crippen MR) is 109 cm³/mol. The van der Waals surface area contributed by atoms with Gasteiger partial charge in [-0.3, -0.25) is 14.4 Å². The molecule has 2 amide bonds. The molecule has 3 aromatic rings. The number of nitrogens with zero attached hydrogens (tertiary/aromatic N) is 2. The summed E-state index contributed by atoms with van der Waals surface area (Å²) in [6, 6.07) is 2.97. The monoisotopic (exact) mass is 432 g/mol. The number of anilines is 1. The molecule has 1 saturated heterocycles. The third kappa shape index (κ3) is 3.70. The summed E-state index contributed by atoms with van der Waals surface area (Å²) in [4.78, 5) is 46.7. The Balaban J connectivity index is 1.42. The number of benzene rings is 1. The topological polar surface area (TPSA) is 95.2 Å². The lowest BCUT2D eigenvalue weighted by Crippen LogP contribution is -2.41. The average molecular weight is 432 g/mol. The Labute approximate surface area is 173 Å². The number of halogens is 2. The lowest BCUT2D eigenvalue weighted by atomic mass is 9.95. The van der Waals surface area contributed by atoms with Gasteiger partial charge < -0.3 is 15.2 Å². The van der Waals surface area contributed by atoms with Gasteiger partial charge in [0.05, 0.1) is 22.3 Å². The van der Waals surface area contributed by atoms with Gasteiger partial charge in [0.15, 0.2) is 0 Å². The van der Waals surface area contributed by atoms with Crippen molar-refractivity contribution in [2.24, 2.45) is 5.92 Å². The molecule has 7 nitrogen and oxygen atoms in total. The number of carbonyl (C=O) groups is 2. The largest absolute Gasteiger partial charge is 0.338 e. The van der Waals surface area contributed by atoms with Gasteiger partial charge in [-0.1, -0.05) is 0 Å². The molecule has 0 saturated carbocycles. The molecule has 2 N–H and O–H groups in total. The molecule has 0 atom stereocenters. The van der Waals surface area contributed by atoms with Crippen molar-refractivity contribution in [1.29, 1.82) is 0 Å². The third-order valence-electron chi connectivity index (χ3n) is 5.27. The number of rotatable bonds is 3. The molecule has 0 bridgehead atoms. The first-order valence-corrected chi connectivity index (χ1v) is 10.2. The van der Waals surface area contributed by atoms with Crippen molar-refractivity contribution in [3.8, 4) is 0 Å². The fraction of sp³-hybridized carbons (Fsp3) is 0.300. The number of nitrogens with one attached hydrogen (secondary N) is 2. The van der Waals surface area contributed by atoms with E-state index in [1.54, 1.807) is 11.8 Å². The fourth-order valence-corrected chi connectivity index (χ4v) is 4.71. The molecule has 1 aliphatic heterocycles. The Morgan fingerprint density at radius 3 is 2.67 bits per heavy atom. The molecular weight excluding hydrogens is 414 g/mol. The number of likely N-dealkylation sites (tertiary alicyclic amines) is 1. The summed E-state index contributed by atoms with van der Waals surface area (Å²) in [7, 11) is 0. The van der Waals surface area contributed by atoms with Crippen molar-refractivity contribution in [1.82, 2.24) is 14.9 Å². The van der Waals surface area contributed by atoms with Crippen LogP contribution < -0.4 is 10.9 Å². The standard InChI is InChI=1S/C20H18F2N4O3S/c1-10-15-18(28)23-9-24-19(15)30-16(10)20(29)26-6-4-11(5-7-26)17(27)25-14-3-2-12(21)8-13(14)22/h2-3,8-9,11H,4-7H2,1H3,(H,25,27)(H,23,24,28). The quantitative estimate of drug-likeness (QED) is 0.665. The van der Waals surface area contributed by atoms with Crippen molar-refractivity contribution in [2.45, 2.75) is 19.8 Å². The Morgan fingerprint density at radius 2 is 2.00 bits per heavy atom. The van der Waals surface area contributed by atoms with Crippen LogP contribution in [0.3, 0.4) is 0 Å². The maximum absolute atomic E-state index is 13.8. The second-order valence-electron chi connectivity index (χ2n) is 7.15. The molecular formula is C20H18F2N4O3S. The number of carbonyl (C=O) groups excluding carboxylic acids is 2. The second kappa shape index (κ2) is 7.94. The molecule has 2 aromatic heterocycles. The summed E-state index contributed by atoms with van der Waals surface area (Å²) < 4.78 is 26.8. The summed E-state index contributed by atoms with van der Waals surface area (Å²) in [5, 5.41) is 2.91. The number of piperidine rings is 1. The van der Waals surface area contributed by atoms with Gasteiger partial charge in [-0.15, -0.1) is 11.3 Å². The number of thiophene rings is 1. The first kappa shape index (κ1) is 20.1. The van der Waals surface area contributed by atoms with E-state index in [9.17, 15) is 23.2 Å². The van der Waals surface area contributed by atoms with Gasteiger partial charge in [-0.05, 0) is 37.5 Å². The van der Waals surface area contributed by atoms with Crippen LogP contribution in [0.1, 0.15) is 28.1 Å². The summed E-state index contributed by atoms with van der Waals surface area (Å²) in [5.41, 5.74) is 0.246. The molecule has 0 radical (unpaired) electrons. The average Bonchev–Trinajstić information content (AvgIpc) is 3.07. The highest BCUT2D eigenvalue weighted by Crippen LogP contribution is 2.29.